The van der Waals surface area contributed by atoms with Crippen LogP contribution in [-0.2, 0) is 24.0 Å². The van der Waals surface area contributed by atoms with Crippen molar-refractivity contribution in [1.82, 2.24) is 0 Å². The maximum atomic E-state index is 12.6. The molecule has 0 saturated carbocycles. The molecule has 0 fully saturated rings. The number of nitrogens with two attached hydrogens (primary N) is 2. The molecule has 4 atom stereocenters. The Bertz CT molecular complexity index is 1990. The monoisotopic (exact) mass is 680 g/mol. The molecule has 51 heavy (non-hydrogen) atoms. The quantitative estimate of drug-likeness (QED) is 0.103. The molecule has 256 valence electrons. The highest BCUT2D eigenvalue weighted by molar-refractivity contribution is 5.83. The van der Waals surface area contributed by atoms with Gasteiger partial charge in [-0.1, -0.05) is 24.4 Å². The molecule has 3 unspecified atom stereocenters. The molecule has 0 aromatic carbocycles. The molecule has 0 bridgehead atoms. The fourth-order valence-electron chi connectivity index (χ4n) is 4.23. The number of carboxylic acids is 1. The van der Waals surface area contributed by atoms with Gasteiger partial charge in [0.2, 0.25) is 0 Å². The lowest BCUT2D eigenvalue weighted by Gasteiger charge is -2.30. The van der Waals surface area contributed by atoms with Gasteiger partial charge in [-0.2, -0.15) is 0 Å². The molecule has 0 aliphatic rings. The Labute approximate surface area is 301 Å². The molecule has 0 saturated heterocycles. The number of carbonyl (C=O) groups is 3. The Morgan fingerprint density at radius 1 is 0.725 bits per heavy atom. The second kappa shape index (κ2) is 29.2. The maximum Gasteiger partial charge on any atom is 0.338 e. The van der Waals surface area contributed by atoms with Crippen LogP contribution < -0.4 is 11.5 Å². The van der Waals surface area contributed by atoms with Crippen LogP contribution >= 0.6 is 0 Å². The van der Waals surface area contributed by atoms with Crippen LogP contribution in [0.2, 0.25) is 0 Å². The summed E-state index contributed by atoms with van der Waals surface area (Å²) in [7, 11) is 1.22. The van der Waals surface area contributed by atoms with Crippen LogP contribution in [0.3, 0.4) is 0 Å². The summed E-state index contributed by atoms with van der Waals surface area (Å²) in [5.74, 6) is 48.4. The molecular weight excluding hydrogens is 644 g/mol. The van der Waals surface area contributed by atoms with Crippen molar-refractivity contribution in [3.05, 3.63) is 0 Å². The average molecular weight is 681 g/mol. The number of methoxy groups -OCH3 is 1. The number of nitrogens with zero attached hydrogens (tertiary/aromatic N) is 2. The molecule has 0 aromatic heterocycles. The Hall–Kier alpha value is -6.91. The third-order valence-electron chi connectivity index (χ3n) is 6.53. The van der Waals surface area contributed by atoms with Gasteiger partial charge in [0.05, 0.1) is 30.9 Å². The highest BCUT2D eigenvalue weighted by Crippen LogP contribution is 2.35. The van der Waals surface area contributed by atoms with Crippen LogP contribution in [0.1, 0.15) is 59.3 Å². The van der Waals surface area contributed by atoms with Gasteiger partial charge in [-0.15, -0.1) is 0 Å². The van der Waals surface area contributed by atoms with E-state index in [1.54, 1.807) is 6.92 Å². The van der Waals surface area contributed by atoms with Crippen molar-refractivity contribution in [2.45, 2.75) is 59.3 Å². The Morgan fingerprint density at radius 3 is 1.57 bits per heavy atom. The van der Waals surface area contributed by atoms with Gasteiger partial charge in [0.25, 0.3) is 0 Å². The molecule has 0 aliphatic carbocycles. The lowest BCUT2D eigenvalue weighted by molar-refractivity contribution is -0.161. The number of ether oxygens (including phenoxy) is 1. The smallest absolute Gasteiger partial charge is 0.338 e. The molecule has 0 spiro atoms. The molecular formula is C41H36N4O6. The van der Waals surface area contributed by atoms with Gasteiger partial charge >= 0.3 is 17.9 Å². The standard InChI is InChI=1S/C41H36N4O6/c1-5-7-8-9-10-11-12-13-14-15-16-17-18-19-20-21-22-23-24-25-26-28-44-45-51-38(46)32-41(3,40(48)49)31-37(39(47)50-4)30-36(34-43)29-35(33-42)27-6-2/h35-37H,6,27,29-34,42-43H2,1-4H3,(H,48,49)/t35?,36?,37?,41-/m0/s1. The van der Waals surface area contributed by atoms with Gasteiger partial charge in [-0.05, 0) is 112 Å². The van der Waals surface area contributed by atoms with Crippen molar-refractivity contribution in [3.8, 4) is 130 Å². The van der Waals surface area contributed by atoms with E-state index in [2.05, 4.69) is 153 Å². The highest BCUT2D eigenvalue weighted by atomic mass is 16.7. The lowest BCUT2D eigenvalue weighted by Crippen LogP contribution is -2.37. The molecule has 0 amide bonds. The fraction of sp³-hybridized carbons (Fsp3) is 0.390. The normalized spacial score (nSPS) is 11.2. The van der Waals surface area contributed by atoms with Gasteiger partial charge in [0, 0.05) is 76.3 Å². The molecule has 10 heteroatoms. The molecule has 0 aromatic rings. The predicted octanol–water partition coefficient (Wildman–Crippen LogP) is 2.30. The van der Waals surface area contributed by atoms with Crippen molar-refractivity contribution in [3.63, 3.8) is 0 Å². The SMILES string of the molecule is CC#CC#CC#CC#CC#CC#CC#CC#CC#CC#CC#CN=NOC(=O)C[C@](C)(CC(CC(CN)CC(CN)CCC)C(=O)OC)C(=O)O. The van der Waals surface area contributed by atoms with Crippen molar-refractivity contribution < 1.29 is 29.1 Å². The third-order valence-corrected chi connectivity index (χ3v) is 6.53. The molecule has 0 rings (SSSR count). The van der Waals surface area contributed by atoms with E-state index in [0.29, 0.717) is 13.0 Å². The molecule has 10 nitrogen and oxygen atoms in total. The second-order valence-electron chi connectivity index (χ2n) is 10.4. The summed E-state index contributed by atoms with van der Waals surface area (Å²) < 4.78 is 4.94. The highest BCUT2D eigenvalue weighted by Gasteiger charge is 2.41. The van der Waals surface area contributed by atoms with E-state index in [1.165, 1.54) is 14.0 Å². The Balaban J connectivity index is 5.08. The number of esters is 1. The topological polar surface area (TPSA) is 167 Å². The summed E-state index contributed by atoms with van der Waals surface area (Å²) in [6, 6.07) is 2.18. The zero-order valence-electron chi connectivity index (χ0n) is 28.9. The van der Waals surface area contributed by atoms with Crippen LogP contribution in [-0.4, -0.2) is 43.2 Å². The second-order valence-corrected chi connectivity index (χ2v) is 10.4. The number of rotatable bonds is 15. The molecule has 0 heterocycles. The Morgan fingerprint density at radius 2 is 1.18 bits per heavy atom. The van der Waals surface area contributed by atoms with Crippen molar-refractivity contribution >= 4 is 17.9 Å². The predicted molar refractivity (Wildman–Crippen MR) is 192 cm³/mol. The zero-order chi connectivity index (χ0) is 38.0. The summed E-state index contributed by atoms with van der Waals surface area (Å²) in [5.41, 5.74) is 10.2. The summed E-state index contributed by atoms with van der Waals surface area (Å²) in [5, 5.41) is 16.5. The first-order valence-corrected chi connectivity index (χ1v) is 15.4. The minimum atomic E-state index is -1.67. The lowest BCUT2D eigenvalue weighted by atomic mass is 9.74. The first kappa shape index (κ1) is 44.1. The first-order chi connectivity index (χ1) is 24.7. The number of hydrogen-bond acceptors (Lipinski definition) is 9. The summed E-state index contributed by atoms with van der Waals surface area (Å²) >= 11 is 0. The van der Waals surface area contributed by atoms with Crippen LogP contribution in [0.15, 0.2) is 10.4 Å². The van der Waals surface area contributed by atoms with Crippen LogP contribution in [0, 0.1) is 154 Å². The minimum absolute atomic E-state index is 0.0859. The van der Waals surface area contributed by atoms with E-state index in [0.717, 1.165) is 12.8 Å². The van der Waals surface area contributed by atoms with E-state index in [1.807, 2.05) is 0 Å². The minimum Gasteiger partial charge on any atom is -0.481 e. The summed E-state index contributed by atoms with van der Waals surface area (Å²) in [6.07, 6.45) is 2.08. The molecule has 5 N–H and O–H groups in total. The van der Waals surface area contributed by atoms with E-state index < -0.39 is 35.7 Å². The van der Waals surface area contributed by atoms with Gasteiger partial charge in [-0.25, -0.2) is 4.79 Å². The summed E-state index contributed by atoms with van der Waals surface area (Å²) in [6.45, 7) is 5.85. The number of hydrogen-bond donors (Lipinski definition) is 3. The van der Waals surface area contributed by atoms with E-state index in [9.17, 15) is 19.5 Å². The van der Waals surface area contributed by atoms with E-state index >= 15 is 0 Å². The Kier molecular flexibility index (Phi) is 25.3. The van der Waals surface area contributed by atoms with Gasteiger partial charge in [-0.3, -0.25) is 14.4 Å². The van der Waals surface area contributed by atoms with E-state index in [4.69, 9.17) is 16.2 Å². The average Bonchev–Trinajstić information content (AvgIpc) is 3.11. The maximum absolute atomic E-state index is 12.6. The van der Waals surface area contributed by atoms with Gasteiger partial charge < -0.3 is 21.3 Å². The summed E-state index contributed by atoms with van der Waals surface area (Å²) in [4.78, 5) is 41.9. The van der Waals surface area contributed by atoms with Crippen LogP contribution in [0.4, 0.5) is 0 Å². The number of aliphatic carboxylic acids is 1. The van der Waals surface area contributed by atoms with Crippen molar-refractivity contribution in [1.29, 1.82) is 0 Å². The van der Waals surface area contributed by atoms with Gasteiger partial charge in [0.15, 0.2) is 0 Å². The zero-order valence-corrected chi connectivity index (χ0v) is 28.9. The third kappa shape index (κ3) is 23.1. The number of carboxylic acid groups (broad SMARTS) is 1. The fourth-order valence-corrected chi connectivity index (χ4v) is 4.23. The molecule has 0 radical (unpaired) electrons. The molecule has 0 aliphatic heterocycles. The van der Waals surface area contributed by atoms with Gasteiger partial charge in [0.1, 0.15) is 0 Å². The van der Waals surface area contributed by atoms with Crippen LogP contribution in [0.5, 0.6) is 0 Å². The first-order valence-electron chi connectivity index (χ1n) is 15.4. The number of carbonyl (C=O) groups excluding carboxylic acids is 2. The van der Waals surface area contributed by atoms with E-state index in [-0.39, 0.29) is 31.2 Å². The van der Waals surface area contributed by atoms with Crippen molar-refractivity contribution in [2.75, 3.05) is 20.2 Å². The van der Waals surface area contributed by atoms with Crippen molar-refractivity contribution in [2.24, 2.45) is 45.0 Å². The largest absolute Gasteiger partial charge is 0.481 e. The van der Waals surface area contributed by atoms with Crippen LogP contribution in [0.25, 0.3) is 0 Å².